The molecule has 0 bridgehead atoms. The van der Waals surface area contributed by atoms with Crippen molar-refractivity contribution in [2.24, 2.45) is 0 Å². The maximum absolute atomic E-state index is 13.5. The van der Waals surface area contributed by atoms with Crippen LogP contribution in [0, 0.1) is 0 Å². The number of anilines is 1. The van der Waals surface area contributed by atoms with Crippen LogP contribution in [0.25, 0.3) is 5.65 Å². The van der Waals surface area contributed by atoms with Gasteiger partial charge in [0.1, 0.15) is 29.2 Å². The quantitative estimate of drug-likeness (QED) is 0.208. The second-order valence-electron chi connectivity index (χ2n) is 15.3. The summed E-state index contributed by atoms with van der Waals surface area (Å²) in [6.07, 6.45) is 4.15. The molecule has 1 aromatic carbocycles. The summed E-state index contributed by atoms with van der Waals surface area (Å²) in [5.41, 5.74) is 3.55. The normalized spacial score (nSPS) is 18.6. The third kappa shape index (κ3) is 8.42. The smallest absolute Gasteiger partial charge is 0.320 e. The Balaban J connectivity index is 1.13. The lowest BCUT2D eigenvalue weighted by Gasteiger charge is -2.32. The summed E-state index contributed by atoms with van der Waals surface area (Å²) in [5, 5.41) is 17.8. The van der Waals surface area contributed by atoms with Gasteiger partial charge in [0.15, 0.2) is 5.65 Å². The summed E-state index contributed by atoms with van der Waals surface area (Å²) in [7, 11) is 0. The Bertz CT molecular complexity index is 1820. The highest BCUT2D eigenvalue weighted by atomic mass is 16.5. The average molecular weight is 683 g/mol. The molecule has 50 heavy (non-hydrogen) atoms. The van der Waals surface area contributed by atoms with E-state index >= 15 is 0 Å². The Hall–Kier alpha value is -4.55. The summed E-state index contributed by atoms with van der Waals surface area (Å²) in [6.45, 7) is 17.1. The van der Waals surface area contributed by atoms with Crippen molar-refractivity contribution in [1.82, 2.24) is 35.1 Å². The number of hydrogen-bond acceptors (Lipinski definition) is 8. The monoisotopic (exact) mass is 682 g/mol. The zero-order valence-electron chi connectivity index (χ0n) is 30.1. The number of urea groups is 1. The topological polar surface area (TPSA) is 135 Å². The number of nitrogens with one attached hydrogen (secondary N) is 3. The van der Waals surface area contributed by atoms with Crippen LogP contribution in [-0.4, -0.2) is 75.8 Å². The molecule has 0 unspecified atom stereocenters. The van der Waals surface area contributed by atoms with Gasteiger partial charge in [-0.1, -0.05) is 65.8 Å². The number of hydrogen-bond donors (Lipinski definition) is 3. The molecular weight excluding hydrogens is 632 g/mol. The van der Waals surface area contributed by atoms with Gasteiger partial charge in [0, 0.05) is 38.2 Å². The van der Waals surface area contributed by atoms with E-state index < -0.39 is 0 Å². The molecule has 1 fully saturated rings. The third-order valence-electron chi connectivity index (χ3n) is 9.26. The van der Waals surface area contributed by atoms with Gasteiger partial charge in [0.05, 0.1) is 18.8 Å². The Labute approximate surface area is 294 Å². The van der Waals surface area contributed by atoms with Gasteiger partial charge in [-0.15, -0.1) is 10.2 Å². The van der Waals surface area contributed by atoms with Crippen LogP contribution in [0.15, 0.2) is 54.7 Å². The van der Waals surface area contributed by atoms with Gasteiger partial charge in [-0.25, -0.2) is 9.78 Å². The molecule has 3 N–H and O–H groups in total. The zero-order chi connectivity index (χ0) is 35.5. The van der Waals surface area contributed by atoms with E-state index in [0.29, 0.717) is 31.8 Å². The molecule has 12 heteroatoms. The summed E-state index contributed by atoms with van der Waals surface area (Å²) in [6, 6.07) is 15.0. The van der Waals surface area contributed by atoms with Crippen LogP contribution in [0.4, 0.5) is 10.6 Å². The number of pyridine rings is 2. The van der Waals surface area contributed by atoms with Crippen LogP contribution in [0.5, 0.6) is 5.75 Å². The summed E-state index contributed by atoms with van der Waals surface area (Å²) < 4.78 is 14.1. The number of ether oxygens (including phenoxy) is 2. The first kappa shape index (κ1) is 35.3. The number of nitrogens with zero attached hydrogens (tertiary/aromatic N) is 5. The maximum Gasteiger partial charge on any atom is 0.320 e. The van der Waals surface area contributed by atoms with Crippen molar-refractivity contribution >= 4 is 23.4 Å². The fourth-order valence-electron chi connectivity index (χ4n) is 6.53. The molecule has 6 rings (SSSR count). The van der Waals surface area contributed by atoms with Crippen LogP contribution in [0.3, 0.4) is 0 Å². The highest BCUT2D eigenvalue weighted by Crippen LogP contribution is 2.39. The van der Waals surface area contributed by atoms with E-state index in [9.17, 15) is 9.59 Å². The molecule has 0 radical (unpaired) electrons. The first-order chi connectivity index (χ1) is 23.8. The number of carbonyl (C=O) groups excluding carboxylic acids is 2. The largest absolute Gasteiger partial charge is 0.484 e. The predicted molar refractivity (Wildman–Crippen MR) is 193 cm³/mol. The van der Waals surface area contributed by atoms with Gasteiger partial charge in [-0.2, -0.15) is 0 Å². The van der Waals surface area contributed by atoms with Crippen molar-refractivity contribution in [3.8, 4) is 5.75 Å². The molecule has 0 saturated carbocycles. The highest BCUT2D eigenvalue weighted by molar-refractivity contribution is 5.94. The van der Waals surface area contributed by atoms with E-state index in [2.05, 4.69) is 83.6 Å². The van der Waals surface area contributed by atoms with Crippen LogP contribution in [-0.2, 0) is 15.6 Å². The molecule has 1 saturated heterocycles. The van der Waals surface area contributed by atoms with Crippen LogP contribution >= 0.6 is 0 Å². The highest BCUT2D eigenvalue weighted by Gasteiger charge is 2.30. The van der Waals surface area contributed by atoms with Gasteiger partial charge >= 0.3 is 6.03 Å². The fraction of sp³-hybridized carbons (Fsp3) is 0.500. The van der Waals surface area contributed by atoms with E-state index in [1.807, 2.05) is 47.0 Å². The van der Waals surface area contributed by atoms with Gasteiger partial charge in [-0.3, -0.25) is 19.4 Å². The van der Waals surface area contributed by atoms with Crippen molar-refractivity contribution in [3.63, 3.8) is 0 Å². The van der Waals surface area contributed by atoms with Gasteiger partial charge in [0.2, 0.25) is 0 Å². The fourth-order valence-corrected chi connectivity index (χ4v) is 6.53. The van der Waals surface area contributed by atoms with Crippen molar-refractivity contribution in [2.45, 2.75) is 83.8 Å². The lowest BCUT2D eigenvalue weighted by Crippen LogP contribution is -2.37. The summed E-state index contributed by atoms with van der Waals surface area (Å²) in [5.74, 6) is 1.66. The minimum absolute atomic E-state index is 0.171. The predicted octanol–water partition coefficient (Wildman–Crippen LogP) is 5.95. The number of fused-ring (bicyclic) bond motifs is 2. The van der Waals surface area contributed by atoms with E-state index in [1.165, 1.54) is 0 Å². The number of amides is 3. The van der Waals surface area contributed by atoms with Gasteiger partial charge in [-0.05, 0) is 65.6 Å². The number of rotatable bonds is 8. The Morgan fingerprint density at radius 1 is 0.940 bits per heavy atom. The summed E-state index contributed by atoms with van der Waals surface area (Å²) >= 11 is 0. The first-order valence-electron chi connectivity index (χ1n) is 17.6. The van der Waals surface area contributed by atoms with E-state index in [-0.39, 0.29) is 40.6 Å². The molecular formula is C38H50N8O4. The molecule has 12 nitrogen and oxygen atoms in total. The van der Waals surface area contributed by atoms with Crippen LogP contribution < -0.4 is 20.7 Å². The van der Waals surface area contributed by atoms with E-state index in [0.717, 1.165) is 66.6 Å². The molecule has 2 atom stereocenters. The third-order valence-corrected chi connectivity index (χ3v) is 9.26. The molecule has 1 aliphatic heterocycles. The number of carbonyl (C=O) groups is 2. The van der Waals surface area contributed by atoms with Gasteiger partial charge < -0.3 is 20.1 Å². The maximum atomic E-state index is 13.5. The second kappa shape index (κ2) is 14.7. The van der Waals surface area contributed by atoms with Gasteiger partial charge in [0.25, 0.3) is 5.91 Å². The Morgan fingerprint density at radius 3 is 2.52 bits per heavy atom. The second-order valence-corrected chi connectivity index (χ2v) is 15.3. The Kier molecular flexibility index (Phi) is 10.4. The number of benzene rings is 1. The molecule has 266 valence electrons. The minimum Gasteiger partial charge on any atom is -0.484 e. The van der Waals surface area contributed by atoms with Crippen molar-refractivity contribution < 1.29 is 19.1 Å². The molecule has 4 heterocycles. The Morgan fingerprint density at radius 2 is 1.74 bits per heavy atom. The van der Waals surface area contributed by atoms with Crippen molar-refractivity contribution in [1.29, 1.82) is 0 Å². The standard InChI is InChI=1S/C38H50N8O4/c1-37(2,3)25-22-30(34(47)39-16-18-45-17-9-20-49-21-19-45)40-32(23-25)42-36(48)41-29-13-14-31(28-11-8-7-10-27(28)29)50-26-12-15-33-43-44-35(38(4,5)6)46(33)24-26/h7-8,10-12,15,22-24,29,31H,9,13-14,16-21H2,1-6H3,(H,39,47)(H2,40,41,42,48)/t29-,31+/m0/s1. The van der Waals surface area contributed by atoms with E-state index in [1.54, 1.807) is 6.07 Å². The van der Waals surface area contributed by atoms with Crippen LogP contribution in [0.2, 0.25) is 0 Å². The van der Waals surface area contributed by atoms with Crippen LogP contribution in [0.1, 0.15) is 106 Å². The molecule has 1 aliphatic carbocycles. The SMILES string of the molecule is CC(C)(C)c1cc(NC(=O)N[C@H]2CC[C@@H](Oc3ccc4nnc(C(C)(C)C)n4c3)c3ccccc32)nc(C(=O)NCCN2CCCOCC2)c1. The summed E-state index contributed by atoms with van der Waals surface area (Å²) in [4.78, 5) is 33.5. The molecule has 2 aliphatic rings. The first-order valence-corrected chi connectivity index (χ1v) is 17.6. The van der Waals surface area contributed by atoms with Crippen molar-refractivity contribution in [2.75, 3.05) is 44.7 Å². The zero-order valence-corrected chi connectivity index (χ0v) is 30.1. The molecule has 4 aromatic rings. The van der Waals surface area contributed by atoms with E-state index in [4.69, 9.17) is 9.47 Å². The molecule has 0 spiro atoms. The number of aromatic nitrogens is 4. The molecule has 3 aromatic heterocycles. The van der Waals surface area contributed by atoms with Crippen molar-refractivity contribution in [3.05, 3.63) is 82.9 Å². The minimum atomic E-state index is -0.384. The lowest BCUT2D eigenvalue weighted by atomic mass is 9.85. The molecule has 3 amide bonds. The average Bonchev–Trinajstić information content (AvgIpc) is 3.33. The lowest BCUT2D eigenvalue weighted by molar-refractivity contribution is 0.0942.